The molecule has 0 radical (unpaired) electrons. The summed E-state index contributed by atoms with van der Waals surface area (Å²) in [6.07, 6.45) is 0. The smallest absolute Gasteiger partial charge is 0.253 e. The fourth-order valence-corrected chi connectivity index (χ4v) is 3.32. The van der Waals surface area contributed by atoms with E-state index in [-0.39, 0.29) is 17.7 Å². The lowest BCUT2D eigenvalue weighted by Gasteiger charge is -2.34. The third-order valence-electron chi connectivity index (χ3n) is 4.78. The Morgan fingerprint density at radius 3 is 2.25 bits per heavy atom. The minimum atomic E-state index is -0.268. The van der Waals surface area contributed by atoms with Gasteiger partial charge in [0.15, 0.2) is 0 Å². The van der Waals surface area contributed by atoms with E-state index in [9.17, 15) is 14.4 Å². The van der Waals surface area contributed by atoms with Crippen molar-refractivity contribution < 1.29 is 14.4 Å². The highest BCUT2D eigenvalue weighted by Crippen LogP contribution is 2.15. The van der Waals surface area contributed by atoms with Crippen molar-refractivity contribution in [2.45, 2.75) is 13.5 Å². The van der Waals surface area contributed by atoms with E-state index in [1.54, 1.807) is 40.1 Å². The second-order valence-electron chi connectivity index (χ2n) is 6.65. The SMILES string of the molecule is CC(=O)N1CCN(C(=O)c2cccc(C(=O)NCc3ccccc3Cl)c2)CC1. The highest BCUT2D eigenvalue weighted by atomic mass is 35.5. The Bertz CT molecular complexity index is 892. The quantitative estimate of drug-likeness (QED) is 0.859. The van der Waals surface area contributed by atoms with E-state index in [2.05, 4.69) is 5.32 Å². The third-order valence-corrected chi connectivity index (χ3v) is 5.15. The van der Waals surface area contributed by atoms with E-state index in [0.29, 0.717) is 48.9 Å². The number of hydrogen-bond acceptors (Lipinski definition) is 3. The number of piperazine rings is 1. The molecule has 1 aliphatic heterocycles. The van der Waals surface area contributed by atoms with Crippen molar-refractivity contribution >= 4 is 29.3 Å². The summed E-state index contributed by atoms with van der Waals surface area (Å²) in [4.78, 5) is 40.1. The van der Waals surface area contributed by atoms with Crippen molar-refractivity contribution in [2.24, 2.45) is 0 Å². The molecule has 0 unspecified atom stereocenters. The number of rotatable bonds is 4. The molecule has 1 N–H and O–H groups in total. The van der Waals surface area contributed by atoms with Crippen molar-refractivity contribution in [3.8, 4) is 0 Å². The Labute approximate surface area is 169 Å². The second kappa shape index (κ2) is 8.89. The molecule has 28 heavy (non-hydrogen) atoms. The molecule has 0 spiro atoms. The average Bonchev–Trinajstić information content (AvgIpc) is 2.72. The highest BCUT2D eigenvalue weighted by molar-refractivity contribution is 6.31. The van der Waals surface area contributed by atoms with E-state index in [1.807, 2.05) is 18.2 Å². The van der Waals surface area contributed by atoms with Crippen LogP contribution in [0.4, 0.5) is 0 Å². The summed E-state index contributed by atoms with van der Waals surface area (Å²) in [5.74, 6) is -0.385. The van der Waals surface area contributed by atoms with Gasteiger partial charge in [-0.1, -0.05) is 35.9 Å². The van der Waals surface area contributed by atoms with Crippen LogP contribution in [0, 0.1) is 0 Å². The van der Waals surface area contributed by atoms with Crippen LogP contribution >= 0.6 is 11.6 Å². The van der Waals surface area contributed by atoms with Crippen LogP contribution in [-0.4, -0.2) is 53.7 Å². The van der Waals surface area contributed by atoms with Crippen LogP contribution in [-0.2, 0) is 11.3 Å². The van der Waals surface area contributed by atoms with Gasteiger partial charge >= 0.3 is 0 Å². The Balaban J connectivity index is 1.63. The first kappa shape index (κ1) is 19.9. The molecular formula is C21H22ClN3O3. The monoisotopic (exact) mass is 399 g/mol. The molecular weight excluding hydrogens is 378 g/mol. The van der Waals surface area contributed by atoms with Crippen molar-refractivity contribution in [3.63, 3.8) is 0 Å². The molecule has 0 saturated carbocycles. The largest absolute Gasteiger partial charge is 0.348 e. The second-order valence-corrected chi connectivity index (χ2v) is 7.06. The van der Waals surface area contributed by atoms with Gasteiger partial charge in [-0.15, -0.1) is 0 Å². The molecule has 0 atom stereocenters. The lowest BCUT2D eigenvalue weighted by Crippen LogP contribution is -2.50. The van der Waals surface area contributed by atoms with Gasteiger partial charge in [-0.3, -0.25) is 14.4 Å². The maximum atomic E-state index is 12.7. The standard InChI is InChI=1S/C21H22ClN3O3/c1-15(26)24-9-11-25(12-10-24)21(28)17-7-4-6-16(13-17)20(27)23-14-18-5-2-3-8-19(18)22/h2-8,13H,9-12,14H2,1H3,(H,23,27). The maximum absolute atomic E-state index is 12.7. The number of nitrogens with one attached hydrogen (secondary N) is 1. The summed E-state index contributed by atoms with van der Waals surface area (Å²) >= 11 is 6.11. The van der Waals surface area contributed by atoms with Gasteiger partial charge in [0.2, 0.25) is 5.91 Å². The van der Waals surface area contributed by atoms with Crippen LogP contribution in [0.5, 0.6) is 0 Å². The predicted molar refractivity (Wildman–Crippen MR) is 107 cm³/mol. The number of carbonyl (C=O) groups is 3. The van der Waals surface area contributed by atoms with Crippen molar-refractivity contribution in [3.05, 3.63) is 70.2 Å². The molecule has 3 amide bonds. The summed E-state index contributed by atoms with van der Waals surface area (Å²) in [6.45, 7) is 3.87. The minimum Gasteiger partial charge on any atom is -0.348 e. The molecule has 2 aromatic rings. The van der Waals surface area contributed by atoms with Gasteiger partial charge < -0.3 is 15.1 Å². The number of amides is 3. The first-order valence-corrected chi connectivity index (χ1v) is 9.50. The van der Waals surface area contributed by atoms with Crippen molar-refractivity contribution in [2.75, 3.05) is 26.2 Å². The summed E-state index contributed by atoms with van der Waals surface area (Å²) in [7, 11) is 0. The van der Waals surface area contributed by atoms with E-state index >= 15 is 0 Å². The molecule has 1 aliphatic rings. The fourth-order valence-electron chi connectivity index (χ4n) is 3.12. The number of benzene rings is 2. The summed E-state index contributed by atoms with van der Waals surface area (Å²) < 4.78 is 0. The van der Waals surface area contributed by atoms with Gasteiger partial charge in [-0.05, 0) is 29.8 Å². The normalized spacial score (nSPS) is 13.9. The summed E-state index contributed by atoms with van der Waals surface area (Å²) in [5, 5.41) is 3.42. The van der Waals surface area contributed by atoms with Gasteiger partial charge in [-0.2, -0.15) is 0 Å². The van der Waals surface area contributed by atoms with Crippen molar-refractivity contribution in [1.82, 2.24) is 15.1 Å². The van der Waals surface area contributed by atoms with Gasteiger partial charge in [-0.25, -0.2) is 0 Å². The molecule has 7 heteroatoms. The Morgan fingerprint density at radius 2 is 1.57 bits per heavy atom. The maximum Gasteiger partial charge on any atom is 0.253 e. The van der Waals surface area contributed by atoms with Crippen LogP contribution in [0.25, 0.3) is 0 Å². The highest BCUT2D eigenvalue weighted by Gasteiger charge is 2.23. The molecule has 0 bridgehead atoms. The molecule has 0 aliphatic carbocycles. The zero-order chi connectivity index (χ0) is 20.1. The first-order chi connectivity index (χ1) is 13.5. The predicted octanol–water partition coefficient (Wildman–Crippen LogP) is 2.57. The van der Waals surface area contributed by atoms with E-state index in [1.165, 1.54) is 6.92 Å². The zero-order valence-corrected chi connectivity index (χ0v) is 16.4. The molecule has 6 nitrogen and oxygen atoms in total. The number of carbonyl (C=O) groups excluding carboxylic acids is 3. The summed E-state index contributed by atoms with van der Waals surface area (Å²) in [5.41, 5.74) is 1.70. The Morgan fingerprint density at radius 1 is 0.929 bits per heavy atom. The molecule has 2 aromatic carbocycles. The van der Waals surface area contributed by atoms with E-state index < -0.39 is 0 Å². The Kier molecular flexibility index (Phi) is 6.31. The van der Waals surface area contributed by atoms with E-state index in [0.717, 1.165) is 5.56 Å². The summed E-state index contributed by atoms with van der Waals surface area (Å²) in [6, 6.07) is 14.0. The third kappa shape index (κ3) is 4.70. The Hall–Kier alpha value is -2.86. The van der Waals surface area contributed by atoms with Crippen LogP contribution in [0.1, 0.15) is 33.2 Å². The number of halogens is 1. The van der Waals surface area contributed by atoms with Crippen LogP contribution in [0.2, 0.25) is 5.02 Å². The number of nitrogens with zero attached hydrogens (tertiary/aromatic N) is 2. The van der Waals surface area contributed by atoms with Crippen LogP contribution in [0.15, 0.2) is 48.5 Å². The number of hydrogen-bond donors (Lipinski definition) is 1. The molecule has 0 aromatic heterocycles. The topological polar surface area (TPSA) is 69.7 Å². The molecule has 1 saturated heterocycles. The molecule has 1 fully saturated rings. The van der Waals surface area contributed by atoms with Gasteiger partial charge in [0, 0.05) is 55.8 Å². The van der Waals surface area contributed by atoms with Gasteiger partial charge in [0.05, 0.1) is 0 Å². The minimum absolute atomic E-state index is 0.0179. The van der Waals surface area contributed by atoms with E-state index in [4.69, 9.17) is 11.6 Å². The van der Waals surface area contributed by atoms with Gasteiger partial charge in [0.25, 0.3) is 11.8 Å². The molecule has 146 valence electrons. The van der Waals surface area contributed by atoms with Gasteiger partial charge in [0.1, 0.15) is 0 Å². The fraction of sp³-hybridized carbons (Fsp3) is 0.286. The van der Waals surface area contributed by atoms with Crippen molar-refractivity contribution in [1.29, 1.82) is 0 Å². The average molecular weight is 400 g/mol. The lowest BCUT2D eigenvalue weighted by atomic mass is 10.1. The lowest BCUT2D eigenvalue weighted by molar-refractivity contribution is -0.130. The molecule has 3 rings (SSSR count). The molecule has 1 heterocycles. The van der Waals surface area contributed by atoms with Crippen LogP contribution < -0.4 is 5.32 Å². The zero-order valence-electron chi connectivity index (χ0n) is 15.7. The van der Waals surface area contributed by atoms with Crippen LogP contribution in [0.3, 0.4) is 0 Å². The first-order valence-electron chi connectivity index (χ1n) is 9.12.